The highest BCUT2D eigenvalue weighted by Gasteiger charge is 2.40. The molecule has 0 aliphatic carbocycles. The number of aliphatic imine (C=N–C) groups is 1. The van der Waals surface area contributed by atoms with Crippen LogP contribution in [-0.2, 0) is 60.8 Å². The van der Waals surface area contributed by atoms with Crippen LogP contribution >= 0.6 is 21.6 Å². The highest BCUT2D eigenvalue weighted by Crippen LogP contribution is 2.26. The van der Waals surface area contributed by atoms with E-state index in [1.165, 1.54) is 29.2 Å². The van der Waals surface area contributed by atoms with Crippen molar-refractivity contribution in [3.8, 4) is 5.75 Å². The molecule has 0 saturated carbocycles. The van der Waals surface area contributed by atoms with Gasteiger partial charge in [0.1, 0.15) is 48.0 Å². The van der Waals surface area contributed by atoms with E-state index in [9.17, 15) is 58.2 Å². The first-order valence-electron chi connectivity index (χ1n) is 22.5. The maximum atomic E-state index is 14.4. The van der Waals surface area contributed by atoms with Crippen LogP contribution in [0.3, 0.4) is 0 Å². The molecule has 27 heteroatoms. The number of phenolic OH excluding ortho intramolecular Hbond substituents is 1. The number of primary amides is 2. The van der Waals surface area contributed by atoms with Gasteiger partial charge in [0.05, 0.1) is 12.5 Å². The number of rotatable bonds is 17. The first kappa shape index (κ1) is 56.5. The van der Waals surface area contributed by atoms with Gasteiger partial charge in [-0.2, -0.15) is 0 Å². The lowest BCUT2D eigenvalue weighted by molar-refractivity contribution is -0.145. The van der Waals surface area contributed by atoms with Crippen LogP contribution in [0.2, 0.25) is 0 Å². The fourth-order valence-corrected chi connectivity index (χ4v) is 9.77. The van der Waals surface area contributed by atoms with E-state index in [-0.39, 0.29) is 68.4 Å². The minimum Gasteiger partial charge on any atom is -0.508 e. The quantitative estimate of drug-likeness (QED) is 0.0312. The Bertz CT molecular complexity index is 2270. The number of phenols is 1. The first-order chi connectivity index (χ1) is 33.7. The number of aromatic hydroxyl groups is 1. The molecule has 4 rings (SSSR count). The summed E-state index contributed by atoms with van der Waals surface area (Å²) in [7, 11) is 2.00. The molecule has 2 saturated heterocycles. The third-order valence-electron chi connectivity index (χ3n) is 11.2. The Morgan fingerprint density at radius 1 is 0.732 bits per heavy atom. The van der Waals surface area contributed by atoms with Gasteiger partial charge < -0.3 is 75.7 Å². The van der Waals surface area contributed by atoms with Gasteiger partial charge in [-0.3, -0.25) is 48.1 Å². The van der Waals surface area contributed by atoms with Crippen molar-refractivity contribution >= 4 is 86.7 Å². The molecule has 25 nitrogen and oxygen atoms in total. The normalized spacial score (nSPS) is 23.3. The fraction of sp³-hybridized carbons (Fsp3) is 0.477. The molecule has 386 valence electrons. The van der Waals surface area contributed by atoms with Gasteiger partial charge in [-0.1, -0.05) is 64.1 Å². The van der Waals surface area contributed by atoms with E-state index in [0.29, 0.717) is 17.5 Å². The van der Waals surface area contributed by atoms with Crippen LogP contribution in [0, 0.1) is 0 Å². The number of likely N-dealkylation sites (tertiary alicyclic amines) is 1. The Morgan fingerprint density at radius 2 is 1.30 bits per heavy atom. The van der Waals surface area contributed by atoms with E-state index in [2.05, 4.69) is 36.9 Å². The van der Waals surface area contributed by atoms with Crippen LogP contribution in [0.15, 0.2) is 59.6 Å². The molecule has 71 heavy (non-hydrogen) atoms. The van der Waals surface area contributed by atoms with Crippen molar-refractivity contribution in [2.75, 3.05) is 24.6 Å². The van der Waals surface area contributed by atoms with Crippen molar-refractivity contribution in [2.45, 2.75) is 106 Å². The molecular formula is C44H61N13O12S2. The Morgan fingerprint density at radius 3 is 1.90 bits per heavy atom. The van der Waals surface area contributed by atoms with Crippen LogP contribution in [0.4, 0.5) is 0 Å². The lowest BCUT2D eigenvalue weighted by Crippen LogP contribution is -2.61. The average Bonchev–Trinajstić information content (AvgIpc) is 3.82. The van der Waals surface area contributed by atoms with Crippen LogP contribution in [-0.4, -0.2) is 153 Å². The molecule has 2 aromatic rings. The van der Waals surface area contributed by atoms with Gasteiger partial charge in [0, 0.05) is 43.9 Å². The summed E-state index contributed by atoms with van der Waals surface area (Å²) in [6.45, 7) is 0.109. The molecule has 2 aromatic carbocycles. The minimum absolute atomic E-state index is 0.0151. The molecule has 0 bridgehead atoms. The summed E-state index contributed by atoms with van der Waals surface area (Å²) in [5.74, 6) is -10.2. The monoisotopic (exact) mass is 1030 g/mol. The lowest BCUT2D eigenvalue weighted by atomic mass is 10.0. The Kier molecular flexibility index (Phi) is 22.2. The molecule has 0 aromatic heterocycles. The molecule has 2 aliphatic heterocycles. The van der Waals surface area contributed by atoms with Crippen molar-refractivity contribution in [3.63, 3.8) is 0 Å². The smallest absolute Gasteiger partial charge is 0.326 e. The van der Waals surface area contributed by atoms with Gasteiger partial charge >= 0.3 is 5.97 Å². The van der Waals surface area contributed by atoms with Gasteiger partial charge in [-0.25, -0.2) is 4.79 Å². The maximum absolute atomic E-state index is 14.4. The number of hydrogen-bond donors (Lipinski definition) is 13. The third-order valence-corrected chi connectivity index (χ3v) is 13.6. The van der Waals surface area contributed by atoms with E-state index in [1.54, 1.807) is 30.3 Å². The molecule has 18 N–H and O–H groups in total. The number of nitrogens with one attached hydrogen (secondary N) is 6. The summed E-state index contributed by atoms with van der Waals surface area (Å²) in [5.41, 5.74) is 29.0. The van der Waals surface area contributed by atoms with Crippen molar-refractivity contribution < 1.29 is 58.2 Å². The fourth-order valence-electron chi connectivity index (χ4n) is 7.49. The van der Waals surface area contributed by atoms with E-state index < -0.39 is 127 Å². The summed E-state index contributed by atoms with van der Waals surface area (Å²) in [6, 6.07) is 2.78. The molecule has 0 spiro atoms. The minimum atomic E-state index is -1.78. The lowest BCUT2D eigenvalue weighted by Gasteiger charge is -2.30. The standard InChI is InChI=1S/C44H61N13O12S2/c45-26-21-70-71-22-32(42(67)57-17-5-9-33(57)41(66)52-28(43(68)69)8-4-16-50-44(48)49)56-40(65)31(20-35(47)60)55-37(62)27(14-15-34(46)59)51-38(63)30(18-23-6-2-1-3-7-23)54-39(64)29(53-36(26)61)19-24-10-12-25(58)13-11-24/h1-3,6-7,10-13,26-33,58H,4-5,8-9,14-22,45H2,(H2,46,59)(H2,47,60)(H,51,63)(H,52,66)(H,53,61)(H,54,64)(H,55,62)(H,56,65)(H,68,69)(H4,48,49,50)/t26-,27-,28-,29-,30+,31-,32?,33?/m0/s1. The van der Waals surface area contributed by atoms with Crippen molar-refractivity contribution in [3.05, 3.63) is 65.7 Å². The van der Waals surface area contributed by atoms with Crippen LogP contribution < -0.4 is 60.6 Å². The Hall–Kier alpha value is -7.13. The number of carbonyl (C=O) groups is 10. The second-order valence-electron chi connectivity index (χ2n) is 16.8. The maximum Gasteiger partial charge on any atom is 0.326 e. The number of nitrogens with two attached hydrogens (primary N) is 5. The van der Waals surface area contributed by atoms with E-state index in [4.69, 9.17) is 28.7 Å². The Labute approximate surface area is 416 Å². The molecule has 2 aliphatic rings. The molecule has 9 amide bonds. The zero-order chi connectivity index (χ0) is 52.2. The number of nitrogens with zero attached hydrogens (tertiary/aromatic N) is 2. The third kappa shape index (κ3) is 18.6. The predicted molar refractivity (Wildman–Crippen MR) is 261 cm³/mol. The number of carboxylic acid groups (broad SMARTS) is 1. The van der Waals surface area contributed by atoms with E-state index in [1.807, 2.05) is 0 Å². The number of benzene rings is 2. The number of amides is 9. The number of hydrogen-bond acceptors (Lipinski definition) is 15. The van der Waals surface area contributed by atoms with Gasteiger partial charge in [0.25, 0.3) is 0 Å². The molecule has 2 heterocycles. The number of aliphatic carboxylic acids is 1. The van der Waals surface area contributed by atoms with E-state index in [0.717, 1.165) is 21.6 Å². The molecule has 2 fully saturated rings. The molecule has 0 radical (unpaired) electrons. The van der Waals surface area contributed by atoms with Gasteiger partial charge in [0.15, 0.2) is 5.96 Å². The largest absolute Gasteiger partial charge is 0.508 e. The summed E-state index contributed by atoms with van der Waals surface area (Å²) in [5, 5.41) is 34.9. The molecule has 2 unspecified atom stereocenters. The van der Waals surface area contributed by atoms with Gasteiger partial charge in [-0.05, 0) is 55.4 Å². The first-order valence-corrected chi connectivity index (χ1v) is 25.0. The Balaban J connectivity index is 1.70. The highest BCUT2D eigenvalue weighted by molar-refractivity contribution is 8.76. The van der Waals surface area contributed by atoms with Crippen molar-refractivity contribution in [2.24, 2.45) is 33.7 Å². The summed E-state index contributed by atoms with van der Waals surface area (Å²) < 4.78 is 0. The van der Waals surface area contributed by atoms with E-state index >= 15 is 0 Å². The zero-order valence-corrected chi connectivity index (χ0v) is 40.2. The highest BCUT2D eigenvalue weighted by atomic mass is 33.1. The van der Waals surface area contributed by atoms with Crippen molar-refractivity contribution in [1.82, 2.24) is 36.8 Å². The van der Waals surface area contributed by atoms with Gasteiger partial charge in [0.2, 0.25) is 53.2 Å². The SMILES string of the molecule is NC(=O)CC[C@@H]1NC(=O)[C@@H](Cc2ccccc2)NC(=O)[C@H](Cc2ccc(O)cc2)NC(=O)[C@@H](N)CSSCC(C(=O)N2CCCC2C(=O)N[C@@H](CCCN=C(N)N)C(=O)O)NC(=O)[C@H](CC(N)=O)NC1=O. The average molecular weight is 1030 g/mol. The number of guanidine groups is 1. The molecule has 8 atom stereocenters. The summed E-state index contributed by atoms with van der Waals surface area (Å²) in [4.78, 5) is 140. The molecular weight excluding hydrogens is 967 g/mol. The zero-order valence-electron chi connectivity index (χ0n) is 38.6. The summed E-state index contributed by atoms with van der Waals surface area (Å²) in [6.07, 6.45) is -1.38. The van der Waals surface area contributed by atoms with Crippen LogP contribution in [0.1, 0.15) is 56.1 Å². The van der Waals surface area contributed by atoms with Crippen LogP contribution in [0.5, 0.6) is 5.75 Å². The summed E-state index contributed by atoms with van der Waals surface area (Å²) >= 11 is 0. The predicted octanol–water partition coefficient (Wildman–Crippen LogP) is -3.92. The topological polar surface area (TPSA) is 429 Å². The number of carboxylic acids is 1. The second kappa shape index (κ2) is 27.9. The number of carbonyl (C=O) groups excluding carboxylic acids is 9. The van der Waals surface area contributed by atoms with Crippen LogP contribution in [0.25, 0.3) is 0 Å². The van der Waals surface area contributed by atoms with Crippen molar-refractivity contribution in [1.29, 1.82) is 0 Å². The van der Waals surface area contributed by atoms with Gasteiger partial charge in [-0.15, -0.1) is 0 Å². The second-order valence-corrected chi connectivity index (χ2v) is 19.3.